The number of carbonyl (C=O) groups is 2. The average molecular weight is 336 g/mol. The van der Waals surface area contributed by atoms with E-state index in [1.54, 1.807) is 30.1 Å². The number of methoxy groups -OCH3 is 2. The number of benzene rings is 1. The van der Waals surface area contributed by atoms with Gasteiger partial charge in [0.25, 0.3) is 5.91 Å². The molecule has 1 unspecified atom stereocenters. The highest BCUT2D eigenvalue weighted by molar-refractivity contribution is 5.98. The van der Waals surface area contributed by atoms with Gasteiger partial charge in [-0.3, -0.25) is 9.59 Å². The Hall–Kier alpha value is -2.24. The van der Waals surface area contributed by atoms with Gasteiger partial charge in [-0.2, -0.15) is 0 Å². The molecule has 0 fully saturated rings. The Bertz CT molecular complexity index is 550. The molecule has 0 aromatic heterocycles. The van der Waals surface area contributed by atoms with Gasteiger partial charge in [0.1, 0.15) is 17.5 Å². The SMILES string of the molecule is CCCN(C)C(=O)C(NC(=O)c1cc(OC)cc(OC)c1)C(C)C. The molecule has 0 spiro atoms. The maximum absolute atomic E-state index is 12.6. The second kappa shape index (κ2) is 9.15. The highest BCUT2D eigenvalue weighted by Gasteiger charge is 2.27. The molecule has 1 atom stereocenters. The van der Waals surface area contributed by atoms with Crippen molar-refractivity contribution in [1.82, 2.24) is 10.2 Å². The molecule has 1 aromatic carbocycles. The highest BCUT2D eigenvalue weighted by atomic mass is 16.5. The van der Waals surface area contributed by atoms with Crippen LogP contribution in [-0.2, 0) is 4.79 Å². The fourth-order valence-electron chi connectivity index (χ4n) is 2.36. The summed E-state index contributed by atoms with van der Waals surface area (Å²) < 4.78 is 10.4. The zero-order chi connectivity index (χ0) is 18.3. The van der Waals surface area contributed by atoms with Crippen LogP contribution in [0, 0.1) is 5.92 Å². The van der Waals surface area contributed by atoms with E-state index in [1.807, 2.05) is 20.8 Å². The molecule has 0 aliphatic carbocycles. The number of nitrogens with one attached hydrogen (secondary N) is 1. The third-order valence-electron chi connectivity index (χ3n) is 3.77. The first-order valence-electron chi connectivity index (χ1n) is 8.12. The van der Waals surface area contributed by atoms with Crippen LogP contribution in [0.2, 0.25) is 0 Å². The fourth-order valence-corrected chi connectivity index (χ4v) is 2.36. The molecular weight excluding hydrogens is 308 g/mol. The smallest absolute Gasteiger partial charge is 0.252 e. The normalized spacial score (nSPS) is 11.8. The molecule has 24 heavy (non-hydrogen) atoms. The fraction of sp³-hybridized carbons (Fsp3) is 0.556. The summed E-state index contributed by atoms with van der Waals surface area (Å²) >= 11 is 0. The summed E-state index contributed by atoms with van der Waals surface area (Å²) in [4.78, 5) is 26.8. The first kappa shape index (κ1) is 19.8. The van der Waals surface area contributed by atoms with Gasteiger partial charge in [-0.1, -0.05) is 20.8 Å². The van der Waals surface area contributed by atoms with Crippen LogP contribution in [0.25, 0.3) is 0 Å². The lowest BCUT2D eigenvalue weighted by Gasteiger charge is -2.27. The molecule has 1 N–H and O–H groups in total. The molecule has 0 radical (unpaired) electrons. The van der Waals surface area contributed by atoms with E-state index in [2.05, 4.69) is 5.32 Å². The number of likely N-dealkylation sites (N-methyl/N-ethyl adjacent to an activating group) is 1. The van der Waals surface area contributed by atoms with Gasteiger partial charge in [-0.05, 0) is 24.5 Å². The first-order chi connectivity index (χ1) is 11.3. The van der Waals surface area contributed by atoms with Gasteiger partial charge in [0.15, 0.2) is 0 Å². The number of amides is 2. The Morgan fingerprint density at radius 3 is 2.08 bits per heavy atom. The summed E-state index contributed by atoms with van der Waals surface area (Å²) in [7, 11) is 4.80. The molecule has 1 rings (SSSR count). The largest absolute Gasteiger partial charge is 0.497 e. The Morgan fingerprint density at radius 1 is 1.12 bits per heavy atom. The quantitative estimate of drug-likeness (QED) is 0.791. The number of ether oxygens (including phenoxy) is 2. The predicted octanol–water partition coefficient (Wildman–Crippen LogP) is 2.33. The molecule has 0 aliphatic heterocycles. The molecule has 0 heterocycles. The molecule has 134 valence electrons. The van der Waals surface area contributed by atoms with Crippen LogP contribution in [0.3, 0.4) is 0 Å². The maximum Gasteiger partial charge on any atom is 0.252 e. The van der Waals surface area contributed by atoms with Gasteiger partial charge in [0.05, 0.1) is 14.2 Å². The van der Waals surface area contributed by atoms with Crippen molar-refractivity contribution in [2.45, 2.75) is 33.2 Å². The summed E-state index contributed by atoms with van der Waals surface area (Å²) in [5.41, 5.74) is 0.391. The second-order valence-corrected chi connectivity index (χ2v) is 6.06. The van der Waals surface area contributed by atoms with E-state index in [-0.39, 0.29) is 17.7 Å². The minimum Gasteiger partial charge on any atom is -0.497 e. The molecule has 2 amide bonds. The van der Waals surface area contributed by atoms with Crippen LogP contribution >= 0.6 is 0 Å². The van der Waals surface area contributed by atoms with E-state index in [0.717, 1.165) is 6.42 Å². The van der Waals surface area contributed by atoms with Gasteiger partial charge in [-0.25, -0.2) is 0 Å². The lowest BCUT2D eigenvalue weighted by molar-refractivity contribution is -0.133. The molecule has 0 bridgehead atoms. The van der Waals surface area contributed by atoms with Gasteiger partial charge in [-0.15, -0.1) is 0 Å². The van der Waals surface area contributed by atoms with Crippen molar-refractivity contribution in [3.63, 3.8) is 0 Å². The number of hydrogen-bond donors (Lipinski definition) is 1. The Balaban J connectivity index is 2.99. The predicted molar refractivity (Wildman–Crippen MR) is 93.6 cm³/mol. The van der Waals surface area contributed by atoms with Crippen molar-refractivity contribution in [2.24, 2.45) is 5.92 Å². The van der Waals surface area contributed by atoms with Crippen molar-refractivity contribution in [2.75, 3.05) is 27.8 Å². The summed E-state index contributed by atoms with van der Waals surface area (Å²) in [6.45, 7) is 6.49. The summed E-state index contributed by atoms with van der Waals surface area (Å²) in [6.07, 6.45) is 0.869. The topological polar surface area (TPSA) is 67.9 Å². The lowest BCUT2D eigenvalue weighted by Crippen LogP contribution is -2.50. The molecule has 0 saturated carbocycles. The number of nitrogens with zero attached hydrogens (tertiary/aromatic N) is 1. The number of carbonyl (C=O) groups excluding carboxylic acids is 2. The van der Waals surface area contributed by atoms with Crippen LogP contribution in [-0.4, -0.2) is 50.6 Å². The van der Waals surface area contributed by atoms with E-state index < -0.39 is 6.04 Å². The van der Waals surface area contributed by atoms with E-state index >= 15 is 0 Å². The molecule has 0 aliphatic rings. The zero-order valence-corrected chi connectivity index (χ0v) is 15.4. The van der Waals surface area contributed by atoms with Gasteiger partial charge >= 0.3 is 0 Å². The van der Waals surface area contributed by atoms with Gasteiger partial charge < -0.3 is 19.7 Å². The third-order valence-corrected chi connectivity index (χ3v) is 3.77. The van der Waals surface area contributed by atoms with E-state index in [0.29, 0.717) is 23.6 Å². The summed E-state index contributed by atoms with van der Waals surface area (Å²) in [5, 5.41) is 2.83. The van der Waals surface area contributed by atoms with Crippen LogP contribution in [0.15, 0.2) is 18.2 Å². The van der Waals surface area contributed by atoms with E-state index in [9.17, 15) is 9.59 Å². The highest BCUT2D eigenvalue weighted by Crippen LogP contribution is 2.22. The minimum absolute atomic E-state index is 0.0201. The molecule has 0 saturated heterocycles. The second-order valence-electron chi connectivity index (χ2n) is 6.06. The van der Waals surface area contributed by atoms with Crippen LogP contribution in [0.5, 0.6) is 11.5 Å². The monoisotopic (exact) mass is 336 g/mol. The number of rotatable bonds is 8. The number of hydrogen-bond acceptors (Lipinski definition) is 4. The van der Waals surface area contributed by atoms with Crippen molar-refractivity contribution >= 4 is 11.8 Å². The van der Waals surface area contributed by atoms with Gasteiger partial charge in [0.2, 0.25) is 5.91 Å². The van der Waals surface area contributed by atoms with Crippen LogP contribution < -0.4 is 14.8 Å². The van der Waals surface area contributed by atoms with Gasteiger partial charge in [0, 0.05) is 25.2 Å². The minimum atomic E-state index is -0.578. The third kappa shape index (κ3) is 5.15. The first-order valence-corrected chi connectivity index (χ1v) is 8.12. The zero-order valence-electron chi connectivity index (χ0n) is 15.4. The van der Waals surface area contributed by atoms with Crippen molar-refractivity contribution < 1.29 is 19.1 Å². The molecule has 6 nitrogen and oxygen atoms in total. The summed E-state index contributed by atoms with van der Waals surface area (Å²) in [5.74, 6) is 0.609. The average Bonchev–Trinajstić information content (AvgIpc) is 2.58. The van der Waals surface area contributed by atoms with E-state index in [1.165, 1.54) is 14.2 Å². The van der Waals surface area contributed by atoms with E-state index in [4.69, 9.17) is 9.47 Å². The molecular formula is C18H28N2O4. The lowest BCUT2D eigenvalue weighted by atomic mass is 10.0. The van der Waals surface area contributed by atoms with Crippen LogP contribution in [0.4, 0.5) is 0 Å². The Morgan fingerprint density at radius 2 is 1.67 bits per heavy atom. The Labute approximate surface area is 144 Å². The summed E-state index contributed by atoms with van der Waals surface area (Å²) in [6, 6.07) is 4.35. The standard InChI is InChI=1S/C18H28N2O4/c1-7-8-20(4)18(22)16(12(2)3)19-17(21)13-9-14(23-5)11-15(10-13)24-6/h9-12,16H,7-8H2,1-6H3,(H,19,21). The maximum atomic E-state index is 12.6. The van der Waals surface area contributed by atoms with Crippen molar-refractivity contribution in [1.29, 1.82) is 0 Å². The molecule has 1 aromatic rings. The molecule has 6 heteroatoms. The van der Waals surface area contributed by atoms with Crippen molar-refractivity contribution in [3.05, 3.63) is 23.8 Å². The Kier molecular flexibility index (Phi) is 7.55. The van der Waals surface area contributed by atoms with Crippen LogP contribution in [0.1, 0.15) is 37.6 Å². The van der Waals surface area contributed by atoms with Crippen molar-refractivity contribution in [3.8, 4) is 11.5 Å².